The third-order valence-electron chi connectivity index (χ3n) is 0.0481. The van der Waals surface area contributed by atoms with Crippen LogP contribution in [0.4, 0.5) is 0 Å². The molecule has 2 radical (unpaired) electrons. The van der Waals surface area contributed by atoms with Crippen molar-refractivity contribution in [3.8, 4) is 0 Å². The van der Waals surface area contributed by atoms with Gasteiger partial charge in [-0.15, -0.1) is 0 Å². The first kappa shape index (κ1) is 3.88. The van der Waals surface area contributed by atoms with E-state index in [2.05, 4.69) is 4.89 Å². The van der Waals surface area contributed by atoms with E-state index in [1.54, 1.807) is 0 Å². The first-order valence-electron chi connectivity index (χ1n) is 0.744. The first-order chi connectivity index (χ1) is 1.91. The highest BCUT2D eigenvalue weighted by molar-refractivity contribution is 3.57. The molecule has 0 aliphatic rings. The summed E-state index contributed by atoms with van der Waals surface area (Å²) in [7, 11) is 0. The van der Waals surface area contributed by atoms with Gasteiger partial charge >= 0.3 is 0 Å². The van der Waals surface area contributed by atoms with Gasteiger partial charge in [0.2, 0.25) is 6.79 Å². The summed E-state index contributed by atoms with van der Waals surface area (Å²) >= 11 is 0. The lowest BCUT2D eigenvalue weighted by Gasteiger charge is -1.65. The molecule has 0 saturated heterocycles. The lowest BCUT2D eigenvalue weighted by atomic mass is 11.5. The van der Waals surface area contributed by atoms with Crippen molar-refractivity contribution in [2.45, 2.75) is 0 Å². The van der Waals surface area contributed by atoms with Gasteiger partial charge in [-0.3, -0.25) is 0 Å². The van der Waals surface area contributed by atoms with Crippen molar-refractivity contribution < 1.29 is 15.3 Å². The maximum absolute atomic E-state index is 8.76. The van der Waals surface area contributed by atoms with Gasteiger partial charge in [0, 0.05) is 0 Å². The Hall–Kier alpha value is -0.120. The number of hydrogen-bond acceptors (Lipinski definition) is 1. The maximum atomic E-state index is 8.76. The molecule has 4 heavy (non-hydrogen) atoms. The van der Waals surface area contributed by atoms with E-state index in [0.717, 1.165) is 0 Å². The largest absolute Gasteiger partial charge is 0.218 e. The van der Waals surface area contributed by atoms with E-state index in [9.17, 15) is 0 Å². The summed E-state index contributed by atoms with van der Waals surface area (Å²) in [5, 5.41) is 17.2. The van der Waals surface area contributed by atoms with Crippen molar-refractivity contribution in [1.29, 1.82) is 0 Å². The van der Waals surface area contributed by atoms with Gasteiger partial charge in [0.15, 0.2) is 0 Å². The van der Waals surface area contributed by atoms with E-state index in [0.29, 0.717) is 0 Å². The third kappa shape index (κ3) is 1.88. The average molecular weight is 62.0 g/mol. The zero-order chi connectivity index (χ0) is 3.41. The van der Waals surface area contributed by atoms with Gasteiger partial charge in [-0.25, -0.2) is 5.11 Å². The number of rotatable bonds is 1. The highest BCUT2D eigenvalue weighted by Gasteiger charge is 1.62. The highest BCUT2D eigenvalue weighted by Crippen LogP contribution is 1.49. The minimum atomic E-state index is -0.986. The van der Waals surface area contributed by atoms with Crippen LogP contribution in [-0.2, 0) is 15.3 Å². The zero-order valence-corrected chi connectivity index (χ0v) is 1.93. The molecular formula is CH2O3. The fourth-order valence-electron chi connectivity index (χ4n) is 0. The van der Waals surface area contributed by atoms with Crippen molar-refractivity contribution in [2.24, 2.45) is 0 Å². The van der Waals surface area contributed by atoms with Gasteiger partial charge < -0.3 is 0 Å². The molecule has 0 aliphatic heterocycles. The van der Waals surface area contributed by atoms with Crippen LogP contribution in [0.15, 0.2) is 0 Å². The van der Waals surface area contributed by atoms with E-state index < -0.39 is 6.79 Å². The smallest absolute Gasteiger partial charge is 0.202 e. The fourth-order valence-corrected chi connectivity index (χ4v) is 0. The van der Waals surface area contributed by atoms with Crippen molar-refractivity contribution in [3.05, 3.63) is 0 Å². The van der Waals surface area contributed by atoms with Crippen LogP contribution in [-0.4, -0.2) is 6.79 Å². The molecular weight excluding hydrogens is 60.0 g/mol. The highest BCUT2D eigenvalue weighted by atomic mass is 17.1. The molecule has 0 amide bonds. The zero-order valence-electron chi connectivity index (χ0n) is 1.93. The van der Waals surface area contributed by atoms with E-state index >= 15 is 0 Å². The lowest BCUT2D eigenvalue weighted by molar-refractivity contribution is -0.349. The van der Waals surface area contributed by atoms with E-state index in [1.165, 1.54) is 0 Å². The summed E-state index contributed by atoms with van der Waals surface area (Å²) < 4.78 is 0. The molecule has 0 bridgehead atoms. The second-order valence-corrected chi connectivity index (χ2v) is 0.236. The van der Waals surface area contributed by atoms with Crippen LogP contribution in [0.5, 0.6) is 0 Å². The molecule has 0 fully saturated rings. The summed E-state index contributed by atoms with van der Waals surface area (Å²) in [5.41, 5.74) is 0. The van der Waals surface area contributed by atoms with Crippen molar-refractivity contribution in [3.63, 3.8) is 0 Å². The topological polar surface area (TPSA) is 49.0 Å². The summed E-state index contributed by atoms with van der Waals surface area (Å²) in [6, 6.07) is 0. The quantitative estimate of drug-likeness (QED) is 0.234. The standard InChI is InChI=1S/CH2O3/c2-1-4-3/h1H2. The molecule has 0 aromatic rings. The third-order valence-corrected chi connectivity index (χ3v) is 0.0481. The summed E-state index contributed by atoms with van der Waals surface area (Å²) in [6.07, 6.45) is 0. The SMILES string of the molecule is [O]CO[O]. The van der Waals surface area contributed by atoms with Gasteiger partial charge in [0.05, 0.1) is 0 Å². The molecule has 0 N–H and O–H groups in total. The molecule has 0 aromatic carbocycles. The van der Waals surface area contributed by atoms with Gasteiger partial charge in [0.1, 0.15) is 0 Å². The van der Waals surface area contributed by atoms with Crippen LogP contribution in [0.1, 0.15) is 0 Å². The van der Waals surface area contributed by atoms with Crippen LogP contribution < -0.4 is 0 Å². The Bertz CT molecular complexity index is 5.25. The Morgan fingerprint density at radius 1 is 1.75 bits per heavy atom. The predicted octanol–water partition coefficient (Wildman–Crippen LogP) is -0.263. The molecule has 0 unspecified atom stereocenters. The monoisotopic (exact) mass is 62.0 g/mol. The molecule has 0 aromatic heterocycles. The van der Waals surface area contributed by atoms with Crippen LogP contribution in [0.2, 0.25) is 0 Å². The van der Waals surface area contributed by atoms with Gasteiger partial charge in [-0.05, 0) is 5.26 Å². The average Bonchev–Trinajstić information content (AvgIpc) is 1.37. The van der Waals surface area contributed by atoms with Gasteiger partial charge in [-0.2, -0.15) is 4.89 Å². The molecule has 24 valence electrons. The van der Waals surface area contributed by atoms with Gasteiger partial charge in [0.25, 0.3) is 0 Å². The fraction of sp³-hybridized carbons (Fsp3) is 1.00. The Labute approximate surface area is 23.4 Å². The van der Waals surface area contributed by atoms with Crippen molar-refractivity contribution >= 4 is 0 Å². The Morgan fingerprint density at radius 3 is 2.00 bits per heavy atom. The molecule has 0 atom stereocenters. The molecule has 0 spiro atoms. The minimum absolute atomic E-state index is 0.986. The van der Waals surface area contributed by atoms with E-state index in [1.807, 2.05) is 0 Å². The summed E-state index contributed by atoms with van der Waals surface area (Å²) in [5.74, 6) is 0. The normalized spacial score (nSPS) is 7.50. The molecule has 0 heterocycles. The molecule has 0 saturated carbocycles. The van der Waals surface area contributed by atoms with Gasteiger partial charge in [-0.1, -0.05) is 0 Å². The first-order valence-corrected chi connectivity index (χ1v) is 0.744. The molecule has 3 heteroatoms. The van der Waals surface area contributed by atoms with Crippen molar-refractivity contribution in [2.75, 3.05) is 6.79 Å². The van der Waals surface area contributed by atoms with Crippen LogP contribution in [0.25, 0.3) is 0 Å². The van der Waals surface area contributed by atoms with Crippen LogP contribution in [0.3, 0.4) is 0 Å². The summed E-state index contributed by atoms with van der Waals surface area (Å²) in [4.78, 5) is 2.74. The predicted molar refractivity (Wildman–Crippen MR) is 7.32 cm³/mol. The maximum Gasteiger partial charge on any atom is 0.218 e. The Kier molecular flexibility index (Phi) is 2.79. The lowest BCUT2D eigenvalue weighted by Crippen LogP contribution is -1.75. The Balaban J connectivity index is 1.97. The molecule has 3 nitrogen and oxygen atoms in total. The minimum Gasteiger partial charge on any atom is -0.202 e. The van der Waals surface area contributed by atoms with E-state index in [-0.39, 0.29) is 0 Å². The number of hydrogen-bond donors (Lipinski definition) is 0. The second kappa shape index (κ2) is 2.88. The van der Waals surface area contributed by atoms with Crippen LogP contribution in [0, 0.1) is 0 Å². The van der Waals surface area contributed by atoms with Crippen LogP contribution >= 0.6 is 0 Å². The molecule has 0 rings (SSSR count). The second-order valence-electron chi connectivity index (χ2n) is 0.236. The Morgan fingerprint density at radius 2 is 2.00 bits per heavy atom. The molecule has 0 aliphatic carbocycles. The summed E-state index contributed by atoms with van der Waals surface area (Å²) in [6.45, 7) is -0.986. The van der Waals surface area contributed by atoms with Crippen molar-refractivity contribution in [1.82, 2.24) is 0 Å². The van der Waals surface area contributed by atoms with E-state index in [4.69, 9.17) is 10.4 Å².